The monoisotopic (exact) mass is 414 g/mol. The molecule has 1 aromatic rings. The summed E-state index contributed by atoms with van der Waals surface area (Å²) in [6.07, 6.45) is 5.50. The largest absolute Gasteiger partial charge is 0.462 e. The highest BCUT2D eigenvalue weighted by Gasteiger charge is 2.37. The number of carbonyl (C=O) groups excluding carboxylic acids is 2. The summed E-state index contributed by atoms with van der Waals surface area (Å²) < 4.78 is 47.3. The van der Waals surface area contributed by atoms with Crippen LogP contribution < -0.4 is 5.32 Å². The molecule has 7 nitrogen and oxygen atoms in total. The normalized spacial score (nSPS) is 15.1. The molecule has 1 aliphatic rings. The predicted molar refractivity (Wildman–Crippen MR) is 96.8 cm³/mol. The first-order chi connectivity index (χ1) is 13.7. The zero-order valence-corrected chi connectivity index (χ0v) is 16.0. The van der Waals surface area contributed by atoms with Gasteiger partial charge in [0.2, 0.25) is 11.6 Å². The van der Waals surface area contributed by atoms with Crippen molar-refractivity contribution in [1.82, 2.24) is 5.32 Å². The summed E-state index contributed by atoms with van der Waals surface area (Å²) in [5, 5.41) is 14.1. The molecule has 1 aliphatic carbocycles. The van der Waals surface area contributed by atoms with Crippen LogP contribution in [-0.4, -0.2) is 29.3 Å². The van der Waals surface area contributed by atoms with Gasteiger partial charge in [-0.25, -0.2) is 13.6 Å². The van der Waals surface area contributed by atoms with Crippen molar-refractivity contribution in [2.75, 3.05) is 6.61 Å². The average molecular weight is 414 g/mol. The van der Waals surface area contributed by atoms with E-state index in [0.717, 1.165) is 45.2 Å². The van der Waals surface area contributed by atoms with Crippen molar-refractivity contribution in [1.29, 1.82) is 0 Å². The van der Waals surface area contributed by atoms with Crippen molar-refractivity contribution in [3.8, 4) is 0 Å². The van der Waals surface area contributed by atoms with E-state index in [1.165, 1.54) is 6.92 Å². The third-order valence-electron chi connectivity index (χ3n) is 4.73. The van der Waals surface area contributed by atoms with E-state index >= 15 is 0 Å². The van der Waals surface area contributed by atoms with Gasteiger partial charge in [0.15, 0.2) is 5.82 Å². The van der Waals surface area contributed by atoms with Crippen LogP contribution in [0.2, 0.25) is 0 Å². The van der Waals surface area contributed by atoms with Gasteiger partial charge in [0.05, 0.1) is 11.5 Å². The molecule has 0 bridgehead atoms. The van der Waals surface area contributed by atoms with Crippen LogP contribution in [0.15, 0.2) is 11.8 Å². The summed E-state index contributed by atoms with van der Waals surface area (Å²) in [6, 6.07) is -0.0486. The Morgan fingerprint density at radius 3 is 2.34 bits per heavy atom. The number of Topliss-reactive ketones (excluding diaryl/α,β-unsaturated/α-hetero) is 1. The number of ether oxygens (including phenoxy) is 1. The Morgan fingerprint density at radius 2 is 1.79 bits per heavy atom. The van der Waals surface area contributed by atoms with Gasteiger partial charge >= 0.3 is 11.7 Å². The summed E-state index contributed by atoms with van der Waals surface area (Å²) in [7, 11) is 0. The molecule has 0 saturated heterocycles. The highest BCUT2D eigenvalue weighted by Crippen LogP contribution is 2.32. The summed E-state index contributed by atoms with van der Waals surface area (Å²) in [4.78, 5) is 34.9. The topological polar surface area (TPSA) is 98.5 Å². The molecular weight excluding hydrogens is 393 g/mol. The molecule has 0 atom stereocenters. The molecule has 0 aromatic heterocycles. The smallest absolute Gasteiger partial charge is 0.343 e. The lowest BCUT2D eigenvalue weighted by atomic mass is 9.95. The van der Waals surface area contributed by atoms with Crippen LogP contribution in [0.3, 0.4) is 0 Å². The number of esters is 1. The Kier molecular flexibility index (Phi) is 7.35. The maximum absolute atomic E-state index is 14.6. The van der Waals surface area contributed by atoms with Crippen molar-refractivity contribution < 1.29 is 32.4 Å². The van der Waals surface area contributed by atoms with E-state index in [0.29, 0.717) is 0 Å². The maximum atomic E-state index is 14.6. The van der Waals surface area contributed by atoms with Gasteiger partial charge < -0.3 is 10.1 Å². The summed E-state index contributed by atoms with van der Waals surface area (Å²) in [5.41, 5.74) is -4.62. The van der Waals surface area contributed by atoms with E-state index in [4.69, 9.17) is 4.74 Å². The number of nitro benzene ring substituents is 1. The van der Waals surface area contributed by atoms with Gasteiger partial charge in [-0.15, -0.1) is 0 Å². The van der Waals surface area contributed by atoms with Crippen molar-refractivity contribution in [2.24, 2.45) is 0 Å². The number of rotatable bonds is 7. The van der Waals surface area contributed by atoms with Crippen molar-refractivity contribution in [2.45, 2.75) is 52.0 Å². The molecule has 10 heteroatoms. The van der Waals surface area contributed by atoms with E-state index in [1.807, 2.05) is 0 Å². The van der Waals surface area contributed by atoms with Crippen LogP contribution in [-0.2, 0) is 9.53 Å². The van der Waals surface area contributed by atoms with Crippen LogP contribution in [0.4, 0.5) is 18.9 Å². The minimum Gasteiger partial charge on any atom is -0.462 e. The lowest BCUT2D eigenvalue weighted by Crippen LogP contribution is -2.29. The number of nitro groups is 1. The predicted octanol–water partition coefficient (Wildman–Crippen LogP) is 3.87. The van der Waals surface area contributed by atoms with Crippen LogP contribution in [0.25, 0.3) is 0 Å². The van der Waals surface area contributed by atoms with Crippen LogP contribution >= 0.6 is 0 Å². The molecule has 1 saturated carbocycles. The molecule has 1 N–H and O–H groups in total. The number of halogens is 3. The summed E-state index contributed by atoms with van der Waals surface area (Å²) in [5.74, 6) is -7.96. The van der Waals surface area contributed by atoms with Gasteiger partial charge in [-0.3, -0.25) is 14.9 Å². The second-order valence-corrected chi connectivity index (χ2v) is 6.66. The second-order valence-electron chi connectivity index (χ2n) is 6.66. The first-order valence-corrected chi connectivity index (χ1v) is 9.20. The Bertz CT molecular complexity index is 864. The van der Waals surface area contributed by atoms with E-state index in [-0.39, 0.29) is 12.6 Å². The van der Waals surface area contributed by atoms with Gasteiger partial charge in [-0.2, -0.15) is 4.39 Å². The number of nitrogens with one attached hydrogen (secondary N) is 1. The molecule has 158 valence electrons. The highest BCUT2D eigenvalue weighted by molar-refractivity contribution is 6.25. The summed E-state index contributed by atoms with van der Waals surface area (Å²) in [6.45, 7) is 2.19. The van der Waals surface area contributed by atoms with Crippen LogP contribution in [0, 0.1) is 34.5 Å². The van der Waals surface area contributed by atoms with E-state index in [9.17, 15) is 32.9 Å². The van der Waals surface area contributed by atoms with Gasteiger partial charge in [-0.05, 0) is 26.7 Å². The molecule has 0 aliphatic heterocycles. The quantitative estimate of drug-likeness (QED) is 0.106. The molecule has 2 rings (SSSR count). The van der Waals surface area contributed by atoms with E-state index in [2.05, 4.69) is 5.32 Å². The van der Waals surface area contributed by atoms with Gasteiger partial charge in [0.1, 0.15) is 17.0 Å². The van der Waals surface area contributed by atoms with E-state index in [1.54, 1.807) is 0 Å². The molecule has 1 aromatic carbocycles. The minimum atomic E-state index is -1.97. The molecule has 0 radical (unpaired) electrons. The zero-order valence-electron chi connectivity index (χ0n) is 16.0. The molecule has 29 heavy (non-hydrogen) atoms. The first-order valence-electron chi connectivity index (χ1n) is 9.20. The standard InChI is InChI=1S/C19H21F3N2O5/c1-3-29-19(26)12(9-23-11-7-5-4-6-8-11)18(25)13-14(20)10(2)15(21)16(22)17(13)24(27)28/h9,11,23H,3-8H2,1-2H3/b12-9+. The lowest BCUT2D eigenvalue weighted by molar-refractivity contribution is -0.388. The number of hydrogen-bond donors (Lipinski definition) is 1. The maximum Gasteiger partial charge on any atom is 0.343 e. The van der Waals surface area contributed by atoms with Gasteiger partial charge in [-0.1, -0.05) is 19.3 Å². The second kappa shape index (κ2) is 9.53. The number of ketones is 1. The summed E-state index contributed by atoms with van der Waals surface area (Å²) >= 11 is 0. The Morgan fingerprint density at radius 1 is 1.17 bits per heavy atom. The van der Waals surface area contributed by atoms with Crippen molar-refractivity contribution in [3.05, 3.63) is 50.5 Å². The fraction of sp³-hybridized carbons (Fsp3) is 0.474. The minimum absolute atomic E-state index is 0.0486. The number of nitrogens with zero attached hydrogens (tertiary/aromatic N) is 1. The number of carbonyl (C=O) groups is 2. The Labute approximate surface area is 165 Å². The highest BCUT2D eigenvalue weighted by atomic mass is 19.2. The fourth-order valence-electron chi connectivity index (χ4n) is 3.18. The number of benzene rings is 1. The molecule has 0 spiro atoms. The number of hydrogen-bond acceptors (Lipinski definition) is 6. The van der Waals surface area contributed by atoms with Gasteiger partial charge in [0.25, 0.3) is 0 Å². The average Bonchev–Trinajstić information content (AvgIpc) is 2.69. The third-order valence-corrected chi connectivity index (χ3v) is 4.73. The molecule has 0 heterocycles. The molecule has 0 unspecified atom stereocenters. The van der Waals surface area contributed by atoms with Crippen LogP contribution in [0.5, 0.6) is 0 Å². The third kappa shape index (κ3) is 4.75. The molecule has 0 amide bonds. The van der Waals surface area contributed by atoms with Gasteiger partial charge in [0, 0.05) is 17.8 Å². The van der Waals surface area contributed by atoms with Crippen molar-refractivity contribution in [3.63, 3.8) is 0 Å². The SMILES string of the molecule is CCOC(=O)/C(=C/NC1CCCCC1)C(=O)c1c(F)c(C)c(F)c(F)c1[N+](=O)[O-]. The first kappa shape index (κ1) is 22.4. The Balaban J connectivity index is 2.56. The fourth-order valence-corrected chi connectivity index (χ4v) is 3.18. The van der Waals surface area contributed by atoms with E-state index < -0.39 is 56.5 Å². The molecular formula is C19H21F3N2O5. The zero-order chi connectivity index (χ0) is 21.7. The lowest BCUT2D eigenvalue weighted by Gasteiger charge is -2.22. The van der Waals surface area contributed by atoms with Crippen molar-refractivity contribution >= 4 is 17.4 Å². The van der Waals surface area contributed by atoms with Crippen LogP contribution in [0.1, 0.15) is 54.9 Å². The molecule has 1 fully saturated rings. The Hall–Kier alpha value is -2.91.